The third-order valence-corrected chi connectivity index (χ3v) is 4.23. The van der Waals surface area contributed by atoms with Crippen LogP contribution in [0.1, 0.15) is 34.5 Å². The zero-order valence-corrected chi connectivity index (χ0v) is 12.3. The molecule has 4 rings (SSSR count). The van der Waals surface area contributed by atoms with Gasteiger partial charge in [0.05, 0.1) is 0 Å². The van der Waals surface area contributed by atoms with Crippen molar-refractivity contribution in [3.63, 3.8) is 0 Å². The minimum atomic E-state index is -0.0417. The standard InChI is InChI=1S/C17H18N4O/c22-17(15-7-8-16(20-19-15)18-14-5-6-14)21-10-9-12-3-1-2-4-13(12)11-21/h1-4,7-8,14H,5-6,9-11H2,(H,18,20). The Morgan fingerprint density at radius 2 is 1.91 bits per heavy atom. The van der Waals surface area contributed by atoms with Crippen LogP contribution in [0.2, 0.25) is 0 Å². The lowest BCUT2D eigenvalue weighted by Gasteiger charge is -2.28. The zero-order chi connectivity index (χ0) is 14.9. The highest BCUT2D eigenvalue weighted by molar-refractivity contribution is 5.92. The summed E-state index contributed by atoms with van der Waals surface area (Å²) in [5.41, 5.74) is 2.98. The van der Waals surface area contributed by atoms with Crippen molar-refractivity contribution in [2.75, 3.05) is 11.9 Å². The second kappa shape index (κ2) is 5.40. The third-order valence-electron chi connectivity index (χ3n) is 4.23. The molecule has 5 heteroatoms. The molecule has 0 radical (unpaired) electrons. The van der Waals surface area contributed by atoms with Crippen molar-refractivity contribution in [1.82, 2.24) is 15.1 Å². The SMILES string of the molecule is O=C(c1ccc(NC2CC2)nn1)N1CCc2ccccc2C1. The monoisotopic (exact) mass is 294 g/mol. The van der Waals surface area contributed by atoms with Crippen molar-refractivity contribution in [1.29, 1.82) is 0 Å². The Morgan fingerprint density at radius 1 is 1.09 bits per heavy atom. The molecule has 1 saturated carbocycles. The summed E-state index contributed by atoms with van der Waals surface area (Å²) in [6, 6.07) is 12.4. The van der Waals surface area contributed by atoms with Crippen molar-refractivity contribution in [3.8, 4) is 0 Å². The second-order valence-corrected chi connectivity index (χ2v) is 5.97. The minimum absolute atomic E-state index is 0.0417. The Kier molecular flexibility index (Phi) is 3.25. The Bertz CT molecular complexity index is 694. The van der Waals surface area contributed by atoms with Crippen LogP contribution in [-0.4, -0.2) is 33.6 Å². The van der Waals surface area contributed by atoms with Crippen LogP contribution in [0.4, 0.5) is 5.82 Å². The third kappa shape index (κ3) is 2.66. The van der Waals surface area contributed by atoms with E-state index in [9.17, 15) is 4.79 Å². The molecule has 112 valence electrons. The van der Waals surface area contributed by atoms with E-state index in [1.165, 1.54) is 24.0 Å². The molecule has 1 fully saturated rings. The highest BCUT2D eigenvalue weighted by atomic mass is 16.2. The van der Waals surface area contributed by atoms with Gasteiger partial charge < -0.3 is 10.2 Å². The van der Waals surface area contributed by atoms with E-state index in [0.717, 1.165) is 18.8 Å². The second-order valence-electron chi connectivity index (χ2n) is 5.97. The van der Waals surface area contributed by atoms with Gasteiger partial charge in [-0.25, -0.2) is 0 Å². The predicted octanol–water partition coefficient (Wildman–Crippen LogP) is 2.25. The van der Waals surface area contributed by atoms with E-state index in [1.807, 2.05) is 23.1 Å². The first-order chi connectivity index (χ1) is 10.8. The first-order valence-corrected chi connectivity index (χ1v) is 7.76. The summed E-state index contributed by atoms with van der Waals surface area (Å²) >= 11 is 0. The van der Waals surface area contributed by atoms with Crippen molar-refractivity contribution in [2.45, 2.75) is 31.8 Å². The Morgan fingerprint density at radius 3 is 2.64 bits per heavy atom. The number of nitrogens with zero attached hydrogens (tertiary/aromatic N) is 3. The lowest BCUT2D eigenvalue weighted by molar-refractivity contribution is 0.0727. The molecule has 1 aliphatic heterocycles. The average molecular weight is 294 g/mol. The highest BCUT2D eigenvalue weighted by Gasteiger charge is 2.24. The number of fused-ring (bicyclic) bond motifs is 1. The van der Waals surface area contributed by atoms with Crippen LogP contribution in [0.15, 0.2) is 36.4 Å². The maximum Gasteiger partial charge on any atom is 0.274 e. The van der Waals surface area contributed by atoms with Gasteiger partial charge in [0, 0.05) is 19.1 Å². The van der Waals surface area contributed by atoms with Gasteiger partial charge in [-0.3, -0.25) is 4.79 Å². The molecule has 1 aromatic heterocycles. The van der Waals surface area contributed by atoms with Gasteiger partial charge in [-0.1, -0.05) is 24.3 Å². The van der Waals surface area contributed by atoms with Gasteiger partial charge in [0.15, 0.2) is 5.69 Å². The molecule has 2 aliphatic rings. The van der Waals surface area contributed by atoms with Crippen LogP contribution in [0.5, 0.6) is 0 Å². The number of rotatable bonds is 3. The van der Waals surface area contributed by atoms with Gasteiger partial charge in [0.2, 0.25) is 0 Å². The van der Waals surface area contributed by atoms with Crippen molar-refractivity contribution >= 4 is 11.7 Å². The molecule has 5 nitrogen and oxygen atoms in total. The molecule has 1 aromatic carbocycles. The minimum Gasteiger partial charge on any atom is -0.366 e. The van der Waals surface area contributed by atoms with Crippen molar-refractivity contribution < 1.29 is 4.79 Å². The topological polar surface area (TPSA) is 58.1 Å². The maximum atomic E-state index is 12.6. The fraction of sp³-hybridized carbons (Fsp3) is 0.353. The summed E-state index contributed by atoms with van der Waals surface area (Å²) in [5, 5.41) is 11.5. The molecule has 0 unspecified atom stereocenters. The quantitative estimate of drug-likeness (QED) is 0.943. The summed E-state index contributed by atoms with van der Waals surface area (Å²) in [4.78, 5) is 14.4. The average Bonchev–Trinajstić information content (AvgIpc) is 3.38. The van der Waals surface area contributed by atoms with Gasteiger partial charge in [-0.15, -0.1) is 10.2 Å². The molecule has 1 amide bonds. The van der Waals surface area contributed by atoms with Gasteiger partial charge in [0.25, 0.3) is 5.91 Å². The number of aromatic nitrogens is 2. The van der Waals surface area contributed by atoms with Crippen LogP contribution in [0, 0.1) is 0 Å². The van der Waals surface area contributed by atoms with E-state index in [0.29, 0.717) is 18.3 Å². The van der Waals surface area contributed by atoms with Crippen molar-refractivity contribution in [2.24, 2.45) is 0 Å². The maximum absolute atomic E-state index is 12.6. The number of benzene rings is 1. The largest absolute Gasteiger partial charge is 0.366 e. The van der Waals surface area contributed by atoms with E-state index in [2.05, 4.69) is 27.6 Å². The summed E-state index contributed by atoms with van der Waals surface area (Å²) in [6.07, 6.45) is 3.28. The summed E-state index contributed by atoms with van der Waals surface area (Å²) in [7, 11) is 0. The van der Waals surface area contributed by atoms with Crippen LogP contribution in [0.25, 0.3) is 0 Å². The Hall–Kier alpha value is -2.43. The fourth-order valence-corrected chi connectivity index (χ4v) is 2.79. The first-order valence-electron chi connectivity index (χ1n) is 7.76. The number of carbonyl (C=O) groups excluding carboxylic acids is 1. The Labute approximate surface area is 129 Å². The van der Waals surface area contributed by atoms with Gasteiger partial charge >= 0.3 is 0 Å². The number of carbonyl (C=O) groups is 1. The molecular formula is C17H18N4O. The van der Waals surface area contributed by atoms with Crippen LogP contribution < -0.4 is 5.32 Å². The summed E-state index contributed by atoms with van der Waals surface area (Å²) in [5.74, 6) is 0.711. The fourth-order valence-electron chi connectivity index (χ4n) is 2.79. The number of amides is 1. The molecular weight excluding hydrogens is 276 g/mol. The molecule has 0 saturated heterocycles. The molecule has 1 aliphatic carbocycles. The van der Waals surface area contributed by atoms with Crippen LogP contribution in [-0.2, 0) is 13.0 Å². The molecule has 1 N–H and O–H groups in total. The smallest absolute Gasteiger partial charge is 0.274 e. The van der Waals surface area contributed by atoms with E-state index >= 15 is 0 Å². The lowest BCUT2D eigenvalue weighted by Crippen LogP contribution is -2.36. The normalized spacial score (nSPS) is 17.0. The van der Waals surface area contributed by atoms with E-state index in [4.69, 9.17) is 0 Å². The van der Waals surface area contributed by atoms with Crippen LogP contribution in [0.3, 0.4) is 0 Å². The Balaban J connectivity index is 1.47. The van der Waals surface area contributed by atoms with Crippen LogP contribution >= 0.6 is 0 Å². The van der Waals surface area contributed by atoms with Gasteiger partial charge in [0.1, 0.15) is 5.82 Å². The molecule has 22 heavy (non-hydrogen) atoms. The molecule has 0 spiro atoms. The number of nitrogens with one attached hydrogen (secondary N) is 1. The lowest BCUT2D eigenvalue weighted by atomic mass is 10.00. The van der Waals surface area contributed by atoms with Gasteiger partial charge in [-0.05, 0) is 42.5 Å². The van der Waals surface area contributed by atoms with Crippen molar-refractivity contribution in [3.05, 3.63) is 53.2 Å². The molecule has 2 heterocycles. The van der Waals surface area contributed by atoms with Gasteiger partial charge in [-0.2, -0.15) is 0 Å². The number of anilines is 1. The molecule has 0 bridgehead atoms. The summed E-state index contributed by atoms with van der Waals surface area (Å²) in [6.45, 7) is 1.39. The predicted molar refractivity (Wildman–Crippen MR) is 83.6 cm³/mol. The molecule has 0 atom stereocenters. The number of hydrogen-bond acceptors (Lipinski definition) is 4. The zero-order valence-electron chi connectivity index (χ0n) is 12.3. The molecule has 2 aromatic rings. The van der Waals surface area contributed by atoms with E-state index in [-0.39, 0.29) is 5.91 Å². The number of hydrogen-bond donors (Lipinski definition) is 1. The first kappa shape index (κ1) is 13.2. The summed E-state index contributed by atoms with van der Waals surface area (Å²) < 4.78 is 0. The highest BCUT2D eigenvalue weighted by Crippen LogP contribution is 2.23. The van der Waals surface area contributed by atoms with E-state index < -0.39 is 0 Å². The van der Waals surface area contributed by atoms with E-state index in [1.54, 1.807) is 6.07 Å².